The van der Waals surface area contributed by atoms with Gasteiger partial charge in [0, 0.05) is 37.2 Å². The molecule has 0 amide bonds. The van der Waals surface area contributed by atoms with E-state index in [2.05, 4.69) is 15.3 Å². The number of pyridine rings is 1. The molecule has 1 atom stereocenters. The van der Waals surface area contributed by atoms with Crippen LogP contribution in [0.15, 0.2) is 89.9 Å². The molecule has 210 valence electrons. The average molecular weight is 589 g/mol. The largest absolute Gasteiger partial charge is 0.368 e. The van der Waals surface area contributed by atoms with Gasteiger partial charge in [-0.25, -0.2) is 17.7 Å². The van der Waals surface area contributed by atoms with Gasteiger partial charge in [-0.3, -0.25) is 9.36 Å². The number of hydrogen-bond acceptors (Lipinski definition) is 7. The van der Waals surface area contributed by atoms with E-state index in [0.29, 0.717) is 38.7 Å². The average Bonchev–Trinajstić information content (AvgIpc) is 2.93. The van der Waals surface area contributed by atoms with Gasteiger partial charge in [0.05, 0.1) is 22.2 Å². The third-order valence-electron chi connectivity index (χ3n) is 6.79. The summed E-state index contributed by atoms with van der Waals surface area (Å²) in [7, 11) is -0.441. The van der Waals surface area contributed by atoms with Gasteiger partial charge < -0.3 is 11.1 Å². The SMILES string of the molecule is C[C@H](Nc1nc(N)ncc1-c1cccc(CS(=O)(=O)N(C)C)c1)c1cc2cccc(Cl)c2c(=O)n1-c1ccccc1. The molecule has 0 spiro atoms. The van der Waals surface area contributed by atoms with E-state index in [1.54, 1.807) is 35.0 Å². The van der Waals surface area contributed by atoms with Gasteiger partial charge in [-0.2, -0.15) is 4.98 Å². The van der Waals surface area contributed by atoms with Gasteiger partial charge in [0.25, 0.3) is 5.56 Å². The summed E-state index contributed by atoms with van der Waals surface area (Å²) in [6.45, 7) is 1.92. The molecule has 3 aromatic carbocycles. The third kappa shape index (κ3) is 5.81. The van der Waals surface area contributed by atoms with Crippen LogP contribution in [0.5, 0.6) is 0 Å². The summed E-state index contributed by atoms with van der Waals surface area (Å²) in [4.78, 5) is 22.5. The fourth-order valence-corrected chi connectivity index (χ4v) is 5.79. The monoisotopic (exact) mass is 588 g/mol. The number of nitrogens with zero attached hydrogens (tertiary/aromatic N) is 4. The summed E-state index contributed by atoms with van der Waals surface area (Å²) in [5.41, 5.74) is 9.10. The van der Waals surface area contributed by atoms with Crippen molar-refractivity contribution in [1.82, 2.24) is 18.8 Å². The molecule has 2 aromatic heterocycles. The lowest BCUT2D eigenvalue weighted by atomic mass is 10.0. The van der Waals surface area contributed by atoms with E-state index in [9.17, 15) is 13.2 Å². The zero-order valence-corrected chi connectivity index (χ0v) is 24.3. The summed E-state index contributed by atoms with van der Waals surface area (Å²) < 4.78 is 27.8. The fraction of sp³-hybridized carbons (Fsp3) is 0.167. The van der Waals surface area contributed by atoms with Crippen LogP contribution < -0.4 is 16.6 Å². The van der Waals surface area contributed by atoms with Gasteiger partial charge >= 0.3 is 0 Å². The predicted octanol–water partition coefficient (Wildman–Crippen LogP) is 5.25. The van der Waals surface area contributed by atoms with Gasteiger partial charge in [0.2, 0.25) is 16.0 Å². The molecule has 0 fully saturated rings. The first-order valence-electron chi connectivity index (χ1n) is 12.8. The Labute approximate surface area is 243 Å². The number of para-hydroxylation sites is 1. The number of halogens is 1. The molecule has 3 N–H and O–H groups in total. The molecule has 9 nitrogen and oxygen atoms in total. The second-order valence-corrected chi connectivity index (χ2v) is 12.4. The Kier molecular flexibility index (Phi) is 7.81. The molecule has 0 radical (unpaired) electrons. The van der Waals surface area contributed by atoms with Crippen LogP contribution in [0.1, 0.15) is 24.2 Å². The number of benzene rings is 3. The number of fused-ring (bicyclic) bond motifs is 1. The lowest BCUT2D eigenvalue weighted by Gasteiger charge is -2.23. The third-order valence-corrected chi connectivity index (χ3v) is 8.91. The van der Waals surface area contributed by atoms with Crippen LogP contribution in [-0.4, -0.2) is 41.4 Å². The first-order valence-corrected chi connectivity index (χ1v) is 14.8. The lowest BCUT2D eigenvalue weighted by Crippen LogP contribution is -2.26. The maximum atomic E-state index is 13.8. The van der Waals surface area contributed by atoms with Crippen molar-refractivity contribution >= 4 is 44.2 Å². The molecule has 0 unspecified atom stereocenters. The van der Waals surface area contributed by atoms with E-state index < -0.39 is 16.1 Å². The lowest BCUT2D eigenvalue weighted by molar-refractivity contribution is 0.520. The number of sulfonamides is 1. The van der Waals surface area contributed by atoms with Gasteiger partial charge in [0.15, 0.2) is 0 Å². The molecule has 0 bridgehead atoms. The van der Waals surface area contributed by atoms with Gasteiger partial charge in [-0.1, -0.05) is 60.1 Å². The van der Waals surface area contributed by atoms with Crippen molar-refractivity contribution in [2.75, 3.05) is 25.1 Å². The second kappa shape index (κ2) is 11.3. The summed E-state index contributed by atoms with van der Waals surface area (Å²) in [6, 6.07) is 23.4. The van der Waals surface area contributed by atoms with Crippen molar-refractivity contribution < 1.29 is 8.42 Å². The molecule has 5 rings (SSSR count). The molecule has 11 heteroatoms. The highest BCUT2D eigenvalue weighted by Crippen LogP contribution is 2.32. The number of aromatic nitrogens is 3. The van der Waals surface area contributed by atoms with Crippen LogP contribution >= 0.6 is 11.6 Å². The zero-order chi connectivity index (χ0) is 29.3. The summed E-state index contributed by atoms with van der Waals surface area (Å²) in [6.07, 6.45) is 1.60. The van der Waals surface area contributed by atoms with E-state index >= 15 is 0 Å². The summed E-state index contributed by atoms with van der Waals surface area (Å²) >= 11 is 6.46. The second-order valence-electron chi connectivity index (χ2n) is 9.84. The van der Waals surface area contributed by atoms with Crippen molar-refractivity contribution in [3.8, 4) is 16.8 Å². The van der Waals surface area contributed by atoms with Crippen LogP contribution in [-0.2, 0) is 15.8 Å². The summed E-state index contributed by atoms with van der Waals surface area (Å²) in [5, 5.41) is 4.95. The normalized spacial score (nSPS) is 12.5. The molecule has 0 aliphatic carbocycles. The van der Waals surface area contributed by atoms with Crippen molar-refractivity contribution in [2.24, 2.45) is 0 Å². The highest BCUT2D eigenvalue weighted by atomic mass is 35.5. The number of nitrogens with two attached hydrogens (primary N) is 1. The molecule has 0 saturated carbocycles. The Morgan fingerprint density at radius 3 is 2.49 bits per heavy atom. The highest BCUT2D eigenvalue weighted by Gasteiger charge is 2.21. The Hall–Kier alpha value is -4.25. The number of hydrogen-bond donors (Lipinski definition) is 2. The van der Waals surface area contributed by atoms with Crippen LogP contribution in [0.3, 0.4) is 0 Å². The van der Waals surface area contributed by atoms with Gasteiger partial charge in [-0.15, -0.1) is 0 Å². The number of nitrogens with one attached hydrogen (secondary N) is 1. The van der Waals surface area contributed by atoms with E-state index in [1.165, 1.54) is 18.4 Å². The van der Waals surface area contributed by atoms with Crippen molar-refractivity contribution in [3.05, 3.63) is 112 Å². The summed E-state index contributed by atoms with van der Waals surface area (Å²) in [5.74, 6) is 0.364. The first kappa shape index (κ1) is 28.3. The van der Waals surface area contributed by atoms with Crippen LogP contribution in [0.2, 0.25) is 5.02 Å². The minimum absolute atomic E-state index is 0.0699. The molecule has 0 aliphatic heterocycles. The number of nitrogen functional groups attached to an aromatic ring is 1. The minimum Gasteiger partial charge on any atom is -0.368 e. The maximum absolute atomic E-state index is 13.8. The van der Waals surface area contributed by atoms with E-state index in [-0.39, 0.29) is 17.3 Å². The van der Waals surface area contributed by atoms with Gasteiger partial charge in [0.1, 0.15) is 5.82 Å². The highest BCUT2D eigenvalue weighted by molar-refractivity contribution is 7.88. The fourth-order valence-electron chi connectivity index (χ4n) is 4.67. The molecule has 0 saturated heterocycles. The standard InChI is InChI=1S/C30H29ClN6O3S/c1-19(26-16-22-11-8-14-25(31)27(22)29(38)37(26)23-12-5-4-6-13-23)34-28-24(17-33-30(32)35-28)21-10-7-9-20(15-21)18-41(39,40)36(2)3/h4-17,19H,18H2,1-3H3,(H3,32,33,34,35)/t19-/m0/s1. The first-order chi connectivity index (χ1) is 19.5. The Morgan fingerprint density at radius 2 is 1.76 bits per heavy atom. The number of anilines is 2. The van der Waals surface area contributed by atoms with Crippen LogP contribution in [0, 0.1) is 0 Å². The van der Waals surface area contributed by atoms with Crippen molar-refractivity contribution in [3.63, 3.8) is 0 Å². The zero-order valence-electron chi connectivity index (χ0n) is 22.7. The molecule has 5 aromatic rings. The van der Waals surface area contributed by atoms with E-state index in [0.717, 1.165) is 10.9 Å². The molecule has 2 heterocycles. The molecular formula is C30H29ClN6O3S. The topological polar surface area (TPSA) is 123 Å². The van der Waals surface area contributed by atoms with E-state index in [1.807, 2.05) is 61.5 Å². The predicted molar refractivity (Wildman–Crippen MR) is 165 cm³/mol. The maximum Gasteiger partial charge on any atom is 0.264 e. The van der Waals surface area contributed by atoms with Crippen molar-refractivity contribution in [2.45, 2.75) is 18.7 Å². The van der Waals surface area contributed by atoms with Crippen LogP contribution in [0.25, 0.3) is 27.6 Å². The number of rotatable bonds is 8. The smallest absolute Gasteiger partial charge is 0.264 e. The van der Waals surface area contributed by atoms with Crippen molar-refractivity contribution in [1.29, 1.82) is 0 Å². The Bertz CT molecular complexity index is 1910. The molecular weight excluding hydrogens is 560 g/mol. The Morgan fingerprint density at radius 1 is 1.02 bits per heavy atom. The molecule has 0 aliphatic rings. The van der Waals surface area contributed by atoms with E-state index in [4.69, 9.17) is 17.3 Å². The minimum atomic E-state index is -3.45. The molecule has 41 heavy (non-hydrogen) atoms. The Balaban J connectivity index is 1.60. The quantitative estimate of drug-likeness (QED) is 0.254. The van der Waals surface area contributed by atoms with Crippen LogP contribution in [0.4, 0.5) is 11.8 Å². The van der Waals surface area contributed by atoms with Gasteiger partial charge in [-0.05, 0) is 53.8 Å².